The number of aromatic nitrogens is 1. The van der Waals surface area contributed by atoms with Gasteiger partial charge in [0.2, 0.25) is 5.91 Å². The molecule has 0 unspecified atom stereocenters. The molecule has 1 heterocycles. The van der Waals surface area contributed by atoms with Gasteiger partial charge in [-0.2, -0.15) is 0 Å². The number of rotatable bonds is 7. The highest BCUT2D eigenvalue weighted by Crippen LogP contribution is 2.20. The molecule has 0 saturated carbocycles. The average Bonchev–Trinajstić information content (AvgIpc) is 2.70. The van der Waals surface area contributed by atoms with Crippen LogP contribution in [0.15, 0.2) is 73.1 Å². The Morgan fingerprint density at radius 2 is 1.70 bits per heavy atom. The van der Waals surface area contributed by atoms with Gasteiger partial charge in [0.15, 0.2) is 0 Å². The quantitative estimate of drug-likeness (QED) is 0.635. The summed E-state index contributed by atoms with van der Waals surface area (Å²) in [7, 11) is 1.63. The van der Waals surface area contributed by atoms with Crippen LogP contribution in [0.1, 0.15) is 22.3 Å². The number of carbonyl (C=O) groups is 1. The van der Waals surface area contributed by atoms with Crippen LogP contribution in [0.2, 0.25) is 0 Å². The molecule has 27 heavy (non-hydrogen) atoms. The first kappa shape index (κ1) is 18.6. The number of nitrogens with zero attached hydrogens (tertiary/aromatic N) is 2. The lowest BCUT2D eigenvalue weighted by Gasteiger charge is -2.24. The van der Waals surface area contributed by atoms with Crippen molar-refractivity contribution in [1.82, 2.24) is 9.88 Å². The maximum atomic E-state index is 13.2. The zero-order valence-corrected chi connectivity index (χ0v) is 15.8. The number of pyridine rings is 1. The standard InChI is InChI=1S/C23H24N2O2/c1-18-8-3-4-11-21(18)17-25(16-19-9-7-13-24-15-19)23(26)14-20-10-5-6-12-22(20)27-2/h3-13,15H,14,16-17H2,1-2H3. The van der Waals surface area contributed by atoms with E-state index in [1.165, 1.54) is 5.56 Å². The molecular formula is C23H24N2O2. The molecule has 0 saturated heterocycles. The third kappa shape index (κ3) is 4.94. The summed E-state index contributed by atoms with van der Waals surface area (Å²) in [4.78, 5) is 19.2. The molecule has 0 aliphatic carbocycles. The van der Waals surface area contributed by atoms with Gasteiger partial charge in [0.05, 0.1) is 13.5 Å². The number of benzene rings is 2. The summed E-state index contributed by atoms with van der Waals surface area (Å²) in [5.74, 6) is 0.801. The van der Waals surface area contributed by atoms with E-state index in [1.54, 1.807) is 19.5 Å². The highest BCUT2D eigenvalue weighted by atomic mass is 16.5. The zero-order chi connectivity index (χ0) is 19.1. The van der Waals surface area contributed by atoms with E-state index in [4.69, 9.17) is 4.74 Å². The number of amides is 1. The number of ether oxygens (including phenoxy) is 1. The summed E-state index contributed by atoms with van der Waals surface area (Å²) < 4.78 is 5.40. The smallest absolute Gasteiger partial charge is 0.227 e. The first-order chi connectivity index (χ1) is 13.2. The molecule has 1 aromatic heterocycles. The first-order valence-electron chi connectivity index (χ1n) is 9.00. The zero-order valence-electron chi connectivity index (χ0n) is 15.8. The molecule has 0 bridgehead atoms. The van der Waals surface area contributed by atoms with Gasteiger partial charge >= 0.3 is 0 Å². The Hall–Kier alpha value is -3.14. The van der Waals surface area contributed by atoms with Crippen molar-refractivity contribution in [3.8, 4) is 5.75 Å². The monoisotopic (exact) mass is 360 g/mol. The fourth-order valence-electron chi connectivity index (χ4n) is 3.06. The summed E-state index contributed by atoms with van der Waals surface area (Å²) in [5, 5.41) is 0. The molecular weight excluding hydrogens is 336 g/mol. The number of hydrogen-bond acceptors (Lipinski definition) is 3. The molecule has 2 aromatic carbocycles. The minimum atomic E-state index is 0.0617. The largest absolute Gasteiger partial charge is 0.496 e. The van der Waals surface area contributed by atoms with Gasteiger partial charge < -0.3 is 9.64 Å². The molecule has 0 aliphatic rings. The molecule has 4 nitrogen and oxygen atoms in total. The summed E-state index contributed by atoms with van der Waals surface area (Å²) in [6.45, 7) is 3.16. The normalized spacial score (nSPS) is 10.4. The van der Waals surface area contributed by atoms with Gasteiger partial charge in [-0.05, 0) is 35.7 Å². The Labute approximate surface area is 160 Å². The van der Waals surface area contributed by atoms with Crippen LogP contribution in [0.5, 0.6) is 5.75 Å². The van der Waals surface area contributed by atoms with Gasteiger partial charge in [-0.25, -0.2) is 0 Å². The van der Waals surface area contributed by atoms with E-state index >= 15 is 0 Å². The van der Waals surface area contributed by atoms with Gasteiger partial charge in [-0.1, -0.05) is 48.5 Å². The van der Waals surface area contributed by atoms with Crippen molar-refractivity contribution in [1.29, 1.82) is 0 Å². The molecule has 1 amide bonds. The third-order valence-corrected chi connectivity index (χ3v) is 4.61. The molecule has 4 heteroatoms. The lowest BCUT2D eigenvalue weighted by Crippen LogP contribution is -2.31. The molecule has 3 rings (SSSR count). The van der Waals surface area contributed by atoms with Crippen LogP contribution in [0.3, 0.4) is 0 Å². The van der Waals surface area contributed by atoms with E-state index < -0.39 is 0 Å². The lowest BCUT2D eigenvalue weighted by molar-refractivity contribution is -0.131. The number of carbonyl (C=O) groups excluding carboxylic acids is 1. The van der Waals surface area contributed by atoms with Crippen molar-refractivity contribution in [2.45, 2.75) is 26.4 Å². The molecule has 0 aliphatic heterocycles. The van der Waals surface area contributed by atoms with Crippen LogP contribution in [-0.4, -0.2) is 22.9 Å². The SMILES string of the molecule is COc1ccccc1CC(=O)N(Cc1cccnc1)Cc1ccccc1C. The van der Waals surface area contributed by atoms with Crippen molar-refractivity contribution >= 4 is 5.91 Å². The molecule has 0 radical (unpaired) electrons. The lowest BCUT2D eigenvalue weighted by atomic mass is 10.1. The number of methoxy groups -OCH3 is 1. The summed E-state index contributed by atoms with van der Waals surface area (Å²) in [6.07, 6.45) is 3.85. The predicted octanol–water partition coefficient (Wildman–Crippen LogP) is 4.17. The van der Waals surface area contributed by atoms with E-state index in [-0.39, 0.29) is 5.91 Å². The number of hydrogen-bond donors (Lipinski definition) is 0. The van der Waals surface area contributed by atoms with Crippen molar-refractivity contribution < 1.29 is 9.53 Å². The Bertz CT molecular complexity index is 894. The maximum Gasteiger partial charge on any atom is 0.227 e. The highest BCUT2D eigenvalue weighted by Gasteiger charge is 2.18. The van der Waals surface area contributed by atoms with Gasteiger partial charge in [0, 0.05) is 31.0 Å². The Balaban J connectivity index is 1.84. The third-order valence-electron chi connectivity index (χ3n) is 4.61. The number of para-hydroxylation sites is 1. The molecule has 0 atom stereocenters. The maximum absolute atomic E-state index is 13.2. The van der Waals surface area contributed by atoms with Crippen LogP contribution in [-0.2, 0) is 24.3 Å². The summed E-state index contributed by atoms with van der Waals surface area (Å²) in [6, 6.07) is 19.7. The molecule has 0 spiro atoms. The van der Waals surface area contributed by atoms with E-state index in [1.807, 2.05) is 53.4 Å². The average molecular weight is 360 g/mol. The van der Waals surface area contributed by atoms with E-state index in [2.05, 4.69) is 24.0 Å². The Kier molecular flexibility index (Phi) is 6.21. The van der Waals surface area contributed by atoms with Gasteiger partial charge in [-0.15, -0.1) is 0 Å². The topological polar surface area (TPSA) is 42.4 Å². The Morgan fingerprint density at radius 3 is 2.41 bits per heavy atom. The number of aryl methyl sites for hydroxylation is 1. The van der Waals surface area contributed by atoms with Crippen molar-refractivity contribution in [3.63, 3.8) is 0 Å². The Morgan fingerprint density at radius 1 is 0.963 bits per heavy atom. The molecule has 138 valence electrons. The summed E-state index contributed by atoms with van der Waals surface area (Å²) in [5.41, 5.74) is 4.24. The van der Waals surface area contributed by atoms with Gasteiger partial charge in [-0.3, -0.25) is 9.78 Å². The van der Waals surface area contributed by atoms with E-state index in [0.29, 0.717) is 19.5 Å². The van der Waals surface area contributed by atoms with Crippen LogP contribution in [0.25, 0.3) is 0 Å². The van der Waals surface area contributed by atoms with Crippen molar-refractivity contribution in [2.75, 3.05) is 7.11 Å². The van der Waals surface area contributed by atoms with Crippen LogP contribution >= 0.6 is 0 Å². The second kappa shape index (κ2) is 8.99. The van der Waals surface area contributed by atoms with Crippen LogP contribution in [0, 0.1) is 6.92 Å². The first-order valence-corrected chi connectivity index (χ1v) is 9.00. The molecule has 3 aromatic rings. The van der Waals surface area contributed by atoms with Gasteiger partial charge in [0.1, 0.15) is 5.75 Å². The van der Waals surface area contributed by atoms with Crippen LogP contribution in [0.4, 0.5) is 0 Å². The second-order valence-electron chi connectivity index (χ2n) is 6.53. The molecule has 0 N–H and O–H groups in total. The fourth-order valence-corrected chi connectivity index (χ4v) is 3.06. The predicted molar refractivity (Wildman–Crippen MR) is 106 cm³/mol. The van der Waals surface area contributed by atoms with E-state index in [0.717, 1.165) is 22.4 Å². The fraction of sp³-hybridized carbons (Fsp3) is 0.217. The minimum Gasteiger partial charge on any atom is -0.496 e. The van der Waals surface area contributed by atoms with Crippen molar-refractivity contribution in [3.05, 3.63) is 95.3 Å². The van der Waals surface area contributed by atoms with E-state index in [9.17, 15) is 4.79 Å². The minimum absolute atomic E-state index is 0.0617. The molecule has 0 fully saturated rings. The second-order valence-corrected chi connectivity index (χ2v) is 6.53. The summed E-state index contributed by atoms with van der Waals surface area (Å²) >= 11 is 0. The van der Waals surface area contributed by atoms with Crippen molar-refractivity contribution in [2.24, 2.45) is 0 Å². The van der Waals surface area contributed by atoms with Gasteiger partial charge in [0.25, 0.3) is 0 Å². The van der Waals surface area contributed by atoms with Crippen LogP contribution < -0.4 is 4.74 Å². The highest BCUT2D eigenvalue weighted by molar-refractivity contribution is 5.79.